The van der Waals surface area contributed by atoms with E-state index in [4.69, 9.17) is 21.4 Å². The Bertz CT molecular complexity index is 418. The van der Waals surface area contributed by atoms with Crippen molar-refractivity contribution < 1.29 is 27.8 Å². The van der Waals surface area contributed by atoms with E-state index >= 15 is 0 Å². The molecule has 0 saturated carbocycles. The highest BCUT2D eigenvalue weighted by Gasteiger charge is 2.31. The molecule has 0 unspecified atom stereocenters. The van der Waals surface area contributed by atoms with E-state index in [9.17, 15) is 18.0 Å². The molecule has 17 heavy (non-hydrogen) atoms. The minimum absolute atomic E-state index is 0.00314. The van der Waals surface area contributed by atoms with Crippen molar-refractivity contribution in [3.63, 3.8) is 0 Å². The summed E-state index contributed by atoms with van der Waals surface area (Å²) in [6.07, 6.45) is -4.80. The molecule has 0 aliphatic heterocycles. The highest BCUT2D eigenvalue weighted by molar-refractivity contribution is 6.32. The average Bonchev–Trinajstić information content (AvgIpc) is 2.18. The Balaban J connectivity index is 2.80. The second kappa shape index (κ2) is 5.27. The average molecular weight is 269 g/mol. The van der Waals surface area contributed by atoms with Crippen molar-refractivity contribution in [1.82, 2.24) is 0 Å². The smallest absolute Gasteiger partial charge is 0.416 e. The lowest BCUT2D eigenvalue weighted by Gasteiger charge is -2.11. The number of ether oxygens (including phenoxy) is 1. The van der Waals surface area contributed by atoms with Crippen molar-refractivity contribution in [1.29, 1.82) is 0 Å². The zero-order chi connectivity index (χ0) is 13.1. The van der Waals surface area contributed by atoms with Gasteiger partial charge in [-0.05, 0) is 18.2 Å². The lowest BCUT2D eigenvalue weighted by atomic mass is 10.2. The van der Waals surface area contributed by atoms with Gasteiger partial charge >= 0.3 is 12.1 Å². The Kier molecular flexibility index (Phi) is 4.22. The molecule has 94 valence electrons. The third-order valence-corrected chi connectivity index (χ3v) is 2.14. The van der Waals surface area contributed by atoms with Crippen LogP contribution in [0.15, 0.2) is 18.2 Å². The van der Waals surface area contributed by atoms with E-state index in [-0.39, 0.29) is 23.8 Å². The fourth-order valence-electron chi connectivity index (χ4n) is 1.04. The first-order valence-corrected chi connectivity index (χ1v) is 4.90. The number of carboxylic acid groups (broad SMARTS) is 1. The van der Waals surface area contributed by atoms with Crippen LogP contribution in [0.2, 0.25) is 5.02 Å². The summed E-state index contributed by atoms with van der Waals surface area (Å²) in [6, 6.07) is 2.62. The van der Waals surface area contributed by atoms with Gasteiger partial charge in [-0.1, -0.05) is 11.6 Å². The third kappa shape index (κ3) is 4.14. The zero-order valence-corrected chi connectivity index (χ0v) is 9.18. The Labute approximate surface area is 99.8 Å². The normalized spacial score (nSPS) is 11.3. The van der Waals surface area contributed by atoms with Crippen LogP contribution < -0.4 is 4.74 Å². The molecule has 0 aliphatic carbocycles. The number of hydrogen-bond acceptors (Lipinski definition) is 2. The molecule has 7 heteroatoms. The fraction of sp³-hybridized carbons (Fsp3) is 0.300. The van der Waals surface area contributed by atoms with Gasteiger partial charge in [0.05, 0.1) is 23.6 Å². The SMILES string of the molecule is O=C(O)CCOc1cc(C(F)(F)F)ccc1Cl. The molecule has 0 atom stereocenters. The Morgan fingerprint density at radius 1 is 1.41 bits per heavy atom. The van der Waals surface area contributed by atoms with Crippen LogP contribution in [-0.4, -0.2) is 17.7 Å². The molecule has 1 aromatic carbocycles. The lowest BCUT2D eigenvalue weighted by molar-refractivity contribution is -0.139. The monoisotopic (exact) mass is 268 g/mol. The van der Waals surface area contributed by atoms with E-state index in [0.717, 1.165) is 18.2 Å². The van der Waals surface area contributed by atoms with Crippen LogP contribution >= 0.6 is 11.6 Å². The van der Waals surface area contributed by atoms with Crippen LogP contribution in [0.3, 0.4) is 0 Å². The molecule has 1 rings (SSSR count). The van der Waals surface area contributed by atoms with Crippen LogP contribution in [0.4, 0.5) is 13.2 Å². The van der Waals surface area contributed by atoms with Crippen molar-refractivity contribution in [2.24, 2.45) is 0 Å². The number of carbonyl (C=O) groups is 1. The first kappa shape index (κ1) is 13.6. The molecular weight excluding hydrogens is 261 g/mol. The maximum absolute atomic E-state index is 12.4. The van der Waals surface area contributed by atoms with Gasteiger partial charge in [0.2, 0.25) is 0 Å². The van der Waals surface area contributed by atoms with E-state index in [1.54, 1.807) is 0 Å². The van der Waals surface area contributed by atoms with E-state index in [2.05, 4.69) is 0 Å². The zero-order valence-electron chi connectivity index (χ0n) is 8.42. The maximum Gasteiger partial charge on any atom is 0.416 e. The first-order valence-electron chi connectivity index (χ1n) is 4.52. The molecule has 0 aliphatic rings. The minimum atomic E-state index is -4.49. The number of hydrogen-bond donors (Lipinski definition) is 1. The Hall–Kier alpha value is -1.43. The predicted octanol–water partition coefficient (Wildman–Crippen LogP) is 3.21. The van der Waals surface area contributed by atoms with Gasteiger partial charge in [0.15, 0.2) is 0 Å². The molecule has 0 heterocycles. The van der Waals surface area contributed by atoms with Gasteiger partial charge in [0.1, 0.15) is 5.75 Å². The summed E-state index contributed by atoms with van der Waals surface area (Å²) >= 11 is 5.62. The van der Waals surface area contributed by atoms with Crippen molar-refractivity contribution in [3.8, 4) is 5.75 Å². The predicted molar refractivity (Wildman–Crippen MR) is 54.2 cm³/mol. The van der Waals surface area contributed by atoms with Crippen LogP contribution in [0.1, 0.15) is 12.0 Å². The van der Waals surface area contributed by atoms with Gasteiger partial charge in [0.25, 0.3) is 0 Å². The Morgan fingerprint density at radius 2 is 2.06 bits per heavy atom. The largest absolute Gasteiger partial charge is 0.491 e. The maximum atomic E-state index is 12.4. The first-order chi connectivity index (χ1) is 7.80. The number of aliphatic carboxylic acids is 1. The quantitative estimate of drug-likeness (QED) is 0.912. The Morgan fingerprint density at radius 3 is 2.59 bits per heavy atom. The molecule has 0 bridgehead atoms. The van der Waals surface area contributed by atoms with Crippen molar-refractivity contribution >= 4 is 17.6 Å². The summed E-state index contributed by atoms with van der Waals surface area (Å²) in [6.45, 7) is -0.240. The molecule has 0 aromatic heterocycles. The number of rotatable bonds is 4. The minimum Gasteiger partial charge on any atom is -0.491 e. The summed E-state index contributed by atoms with van der Waals surface area (Å²) < 4.78 is 41.9. The van der Waals surface area contributed by atoms with Gasteiger partial charge in [-0.25, -0.2) is 0 Å². The van der Waals surface area contributed by atoms with Crippen LogP contribution in [0.25, 0.3) is 0 Å². The molecule has 0 radical (unpaired) electrons. The van der Waals surface area contributed by atoms with E-state index in [1.165, 1.54) is 0 Å². The lowest BCUT2D eigenvalue weighted by Crippen LogP contribution is -2.08. The molecule has 0 saturated heterocycles. The van der Waals surface area contributed by atoms with Gasteiger partial charge in [-0.3, -0.25) is 4.79 Å². The number of halogens is 4. The van der Waals surface area contributed by atoms with Gasteiger partial charge in [0, 0.05) is 0 Å². The molecule has 1 aromatic rings. The van der Waals surface area contributed by atoms with Crippen molar-refractivity contribution in [2.45, 2.75) is 12.6 Å². The molecule has 3 nitrogen and oxygen atoms in total. The molecule has 0 amide bonds. The van der Waals surface area contributed by atoms with Crippen molar-refractivity contribution in [2.75, 3.05) is 6.61 Å². The van der Waals surface area contributed by atoms with E-state index < -0.39 is 17.7 Å². The summed E-state index contributed by atoms with van der Waals surface area (Å²) in [7, 11) is 0. The molecule has 1 N–H and O–H groups in total. The standard InChI is InChI=1S/C10H8ClF3O3/c11-7-2-1-6(10(12,13)14)5-8(7)17-4-3-9(15)16/h1-2,5H,3-4H2,(H,15,16). The third-order valence-electron chi connectivity index (χ3n) is 1.83. The molecule has 0 fully saturated rings. The van der Waals surface area contributed by atoms with Crippen molar-refractivity contribution in [3.05, 3.63) is 28.8 Å². The number of alkyl halides is 3. The fourth-order valence-corrected chi connectivity index (χ4v) is 1.21. The highest BCUT2D eigenvalue weighted by Crippen LogP contribution is 2.34. The van der Waals surface area contributed by atoms with Crippen LogP contribution in [0.5, 0.6) is 5.75 Å². The summed E-state index contributed by atoms with van der Waals surface area (Å²) in [5.41, 5.74) is -0.896. The topological polar surface area (TPSA) is 46.5 Å². The number of carboxylic acids is 1. The molecule has 0 spiro atoms. The van der Waals surface area contributed by atoms with E-state index in [0.29, 0.717) is 0 Å². The highest BCUT2D eigenvalue weighted by atomic mass is 35.5. The van der Waals surface area contributed by atoms with Gasteiger partial charge < -0.3 is 9.84 Å². The summed E-state index contributed by atoms with van der Waals surface area (Å²) in [5, 5.41) is 8.35. The van der Waals surface area contributed by atoms with Crippen LogP contribution in [-0.2, 0) is 11.0 Å². The van der Waals surface area contributed by atoms with Crippen LogP contribution in [0, 0.1) is 0 Å². The second-order valence-electron chi connectivity index (χ2n) is 3.14. The number of benzene rings is 1. The van der Waals surface area contributed by atoms with E-state index in [1.807, 2.05) is 0 Å². The summed E-state index contributed by atoms with van der Waals surface area (Å²) in [4.78, 5) is 10.2. The van der Waals surface area contributed by atoms with Gasteiger partial charge in [-0.2, -0.15) is 13.2 Å². The summed E-state index contributed by atoms with van der Waals surface area (Å²) in [5.74, 6) is -1.28. The van der Waals surface area contributed by atoms with Gasteiger partial charge in [-0.15, -0.1) is 0 Å². The molecular formula is C10H8ClF3O3. The second-order valence-corrected chi connectivity index (χ2v) is 3.54.